The van der Waals surface area contributed by atoms with Crippen LogP contribution in [0.2, 0.25) is 0 Å². The van der Waals surface area contributed by atoms with Gasteiger partial charge in [0.15, 0.2) is 5.78 Å². The molecule has 3 N–H and O–H groups in total. The first kappa shape index (κ1) is 28.9. The zero-order valence-electron chi connectivity index (χ0n) is 22.2. The molecular weight excluding hydrogens is 522 g/mol. The number of nitrogens with one attached hydrogen (secondary N) is 2. The Hall–Kier alpha value is -3.05. The summed E-state index contributed by atoms with van der Waals surface area (Å²) in [4.78, 5) is 53.8. The van der Waals surface area contributed by atoms with Crippen molar-refractivity contribution in [2.24, 2.45) is 17.3 Å². The lowest BCUT2D eigenvalue weighted by molar-refractivity contribution is -0.141. The van der Waals surface area contributed by atoms with E-state index in [1.54, 1.807) is 30.3 Å². The molecule has 0 spiro atoms. The molecule has 11 heteroatoms. The molecule has 39 heavy (non-hydrogen) atoms. The van der Waals surface area contributed by atoms with Crippen molar-refractivity contribution in [3.05, 3.63) is 42.5 Å². The standard InChI is InChI=1S/C28H37N3O7S/c1-19-10-6-3-2-4-7-11-20-15-28(20,16-24(33)23-14-22(32)17-31(23)26(19)35)27(36)30-39(37,38)18-25(34)29-21-12-8-5-9-13-21/h5,7-9,11-13,19-20,22-23,32H,2-4,6,10,14-18H2,1H3,(H,29,34)(H,30,36)/b11-7-/t19-,20+,22+,23-,28+/m0/s1. The summed E-state index contributed by atoms with van der Waals surface area (Å²) < 4.78 is 27.5. The molecule has 3 aliphatic rings. The summed E-state index contributed by atoms with van der Waals surface area (Å²) in [6.07, 6.45) is 7.32. The number of sulfonamides is 1. The summed E-state index contributed by atoms with van der Waals surface area (Å²) in [5.74, 6) is -3.76. The van der Waals surface area contributed by atoms with Crippen molar-refractivity contribution < 1.29 is 32.7 Å². The lowest BCUT2D eigenvalue weighted by Crippen LogP contribution is -2.46. The maximum absolute atomic E-state index is 13.5. The lowest BCUT2D eigenvalue weighted by atomic mass is 9.91. The maximum atomic E-state index is 13.5. The van der Waals surface area contributed by atoms with E-state index in [9.17, 15) is 32.7 Å². The van der Waals surface area contributed by atoms with Crippen molar-refractivity contribution in [2.75, 3.05) is 17.6 Å². The van der Waals surface area contributed by atoms with E-state index >= 15 is 0 Å². The van der Waals surface area contributed by atoms with Crippen LogP contribution >= 0.6 is 0 Å². The van der Waals surface area contributed by atoms with Crippen LogP contribution in [-0.4, -0.2) is 66.4 Å². The van der Waals surface area contributed by atoms with Gasteiger partial charge in [-0.1, -0.05) is 50.1 Å². The average Bonchev–Trinajstić information content (AvgIpc) is 3.42. The first-order valence-electron chi connectivity index (χ1n) is 13.6. The van der Waals surface area contributed by atoms with E-state index in [1.807, 2.05) is 23.8 Å². The lowest BCUT2D eigenvalue weighted by Gasteiger charge is -2.27. The number of carbonyl (C=O) groups excluding carboxylic acids is 4. The van der Waals surface area contributed by atoms with Gasteiger partial charge in [-0.3, -0.25) is 23.9 Å². The van der Waals surface area contributed by atoms with Gasteiger partial charge in [0, 0.05) is 31.0 Å². The predicted molar refractivity (Wildman–Crippen MR) is 145 cm³/mol. The topological polar surface area (TPSA) is 150 Å². The van der Waals surface area contributed by atoms with Crippen LogP contribution in [-0.2, 0) is 29.2 Å². The highest BCUT2D eigenvalue weighted by atomic mass is 32.2. The van der Waals surface area contributed by atoms with E-state index in [2.05, 4.69) is 5.32 Å². The van der Waals surface area contributed by atoms with Crippen LogP contribution in [0.5, 0.6) is 0 Å². The van der Waals surface area contributed by atoms with Gasteiger partial charge >= 0.3 is 0 Å². The number of amides is 3. The fourth-order valence-corrected chi connectivity index (χ4v) is 6.62. The molecule has 2 aliphatic heterocycles. The third kappa shape index (κ3) is 7.13. The molecule has 0 bridgehead atoms. The van der Waals surface area contributed by atoms with Gasteiger partial charge < -0.3 is 15.3 Å². The number of fused-ring (bicyclic) bond motifs is 2. The minimum atomic E-state index is -4.34. The minimum Gasteiger partial charge on any atom is -0.391 e. The second-order valence-electron chi connectivity index (χ2n) is 11.1. The number of benzene rings is 1. The number of aliphatic hydroxyl groups excluding tert-OH is 1. The quantitative estimate of drug-likeness (QED) is 0.468. The van der Waals surface area contributed by atoms with Gasteiger partial charge in [-0.25, -0.2) is 8.42 Å². The predicted octanol–water partition coefficient (Wildman–Crippen LogP) is 2.15. The molecule has 0 unspecified atom stereocenters. The number of Topliss-reactive ketones (excluding diaryl/α,β-unsaturated/α-hetero) is 1. The zero-order chi connectivity index (χ0) is 28.2. The number of anilines is 1. The number of hydrogen-bond acceptors (Lipinski definition) is 7. The minimum absolute atomic E-state index is 0.0625. The van der Waals surface area contributed by atoms with Crippen molar-refractivity contribution in [1.29, 1.82) is 0 Å². The monoisotopic (exact) mass is 559 g/mol. The Labute approximate surface area is 229 Å². The van der Waals surface area contributed by atoms with E-state index in [-0.39, 0.29) is 49.3 Å². The summed E-state index contributed by atoms with van der Waals surface area (Å²) in [6.45, 7) is 1.89. The molecule has 10 nitrogen and oxygen atoms in total. The van der Waals surface area contributed by atoms with Crippen molar-refractivity contribution in [1.82, 2.24) is 9.62 Å². The van der Waals surface area contributed by atoms with Crippen LogP contribution in [0.4, 0.5) is 5.69 Å². The molecular formula is C28H37N3O7S. The number of allylic oxidation sites excluding steroid dienone is 2. The zero-order valence-corrected chi connectivity index (χ0v) is 23.0. The number of carbonyl (C=O) groups is 4. The third-order valence-electron chi connectivity index (χ3n) is 7.93. The van der Waals surface area contributed by atoms with Crippen molar-refractivity contribution in [3.63, 3.8) is 0 Å². The van der Waals surface area contributed by atoms with Gasteiger partial charge in [0.05, 0.1) is 17.6 Å². The van der Waals surface area contributed by atoms with Crippen molar-refractivity contribution >= 4 is 39.2 Å². The molecule has 1 saturated heterocycles. The SMILES string of the molecule is C[C@H]1CCCCC/C=C\[C@@H]2C[C@@]2(C(=O)NS(=O)(=O)CC(=O)Nc2ccccc2)CC(=O)[C@@H]2C[C@@H](O)CN2C1=O. The summed E-state index contributed by atoms with van der Waals surface area (Å²) in [5.41, 5.74) is -0.862. The van der Waals surface area contributed by atoms with Crippen LogP contribution < -0.4 is 10.0 Å². The highest BCUT2D eigenvalue weighted by Crippen LogP contribution is 2.57. The Bertz CT molecular complexity index is 1230. The molecule has 5 atom stereocenters. The molecule has 4 rings (SSSR count). The molecule has 212 valence electrons. The fraction of sp³-hybridized carbons (Fsp3) is 0.571. The van der Waals surface area contributed by atoms with Crippen molar-refractivity contribution in [2.45, 2.75) is 70.4 Å². The Kier molecular flexibility index (Phi) is 8.90. The number of aliphatic hydroxyl groups is 1. The van der Waals surface area contributed by atoms with Crippen LogP contribution in [0.1, 0.15) is 58.3 Å². The van der Waals surface area contributed by atoms with Gasteiger partial charge in [0.2, 0.25) is 27.7 Å². The molecule has 1 aromatic carbocycles. The normalized spacial score (nSPS) is 30.8. The van der Waals surface area contributed by atoms with Gasteiger partial charge in [-0.05, 0) is 43.7 Å². The van der Waals surface area contributed by atoms with Crippen LogP contribution in [0, 0.1) is 17.3 Å². The van der Waals surface area contributed by atoms with Gasteiger partial charge in [-0.15, -0.1) is 0 Å². The molecule has 3 amide bonds. The summed E-state index contributed by atoms with van der Waals surface area (Å²) in [5, 5.41) is 12.8. The maximum Gasteiger partial charge on any atom is 0.244 e. The number of rotatable bonds is 5. The second-order valence-corrected chi connectivity index (χ2v) is 12.8. The Morgan fingerprint density at radius 2 is 1.87 bits per heavy atom. The number of ketones is 1. The van der Waals surface area contributed by atoms with Crippen LogP contribution in [0.3, 0.4) is 0 Å². The molecule has 1 aromatic rings. The molecule has 0 radical (unpaired) electrons. The van der Waals surface area contributed by atoms with Crippen LogP contribution in [0.25, 0.3) is 0 Å². The largest absolute Gasteiger partial charge is 0.391 e. The van der Waals surface area contributed by atoms with E-state index < -0.39 is 45.2 Å². The third-order valence-corrected chi connectivity index (χ3v) is 9.07. The van der Waals surface area contributed by atoms with Crippen molar-refractivity contribution in [3.8, 4) is 0 Å². The van der Waals surface area contributed by atoms with Crippen LogP contribution in [0.15, 0.2) is 42.5 Å². The summed E-state index contributed by atoms with van der Waals surface area (Å²) in [6, 6.07) is 7.50. The van der Waals surface area contributed by atoms with Gasteiger partial charge in [0.1, 0.15) is 5.75 Å². The number of para-hydroxylation sites is 1. The molecule has 1 aliphatic carbocycles. The van der Waals surface area contributed by atoms with E-state index in [1.165, 1.54) is 4.90 Å². The van der Waals surface area contributed by atoms with Gasteiger partial charge in [0.25, 0.3) is 0 Å². The highest BCUT2D eigenvalue weighted by molar-refractivity contribution is 7.90. The summed E-state index contributed by atoms with van der Waals surface area (Å²) >= 11 is 0. The smallest absolute Gasteiger partial charge is 0.244 e. The molecule has 2 fully saturated rings. The molecule has 2 heterocycles. The average molecular weight is 560 g/mol. The number of nitrogens with zero attached hydrogens (tertiary/aromatic N) is 1. The Morgan fingerprint density at radius 3 is 2.62 bits per heavy atom. The Balaban J connectivity index is 1.50. The second kappa shape index (κ2) is 12.0. The summed E-state index contributed by atoms with van der Waals surface area (Å²) in [7, 11) is -4.34. The van der Waals surface area contributed by atoms with E-state index in [4.69, 9.17) is 0 Å². The number of hydrogen-bond donors (Lipinski definition) is 3. The molecule has 0 aromatic heterocycles. The Morgan fingerprint density at radius 1 is 1.13 bits per heavy atom. The fourth-order valence-electron chi connectivity index (χ4n) is 5.65. The first-order chi connectivity index (χ1) is 18.5. The highest BCUT2D eigenvalue weighted by Gasteiger charge is 2.61. The van der Waals surface area contributed by atoms with Gasteiger partial charge in [-0.2, -0.15) is 0 Å². The van der Waals surface area contributed by atoms with E-state index in [0.717, 1.165) is 25.7 Å². The molecule has 1 saturated carbocycles. The van der Waals surface area contributed by atoms with E-state index in [0.29, 0.717) is 12.1 Å². The first-order valence-corrected chi connectivity index (χ1v) is 15.2.